The van der Waals surface area contributed by atoms with Gasteiger partial charge in [-0.25, -0.2) is 4.98 Å². The number of carbonyl (C=O) groups is 1. The van der Waals surface area contributed by atoms with Crippen LogP contribution in [0.2, 0.25) is 0 Å². The number of hydrogen-bond acceptors (Lipinski definition) is 7. The molecule has 1 aliphatic rings. The number of anilines is 1. The van der Waals surface area contributed by atoms with E-state index in [1.807, 2.05) is 6.92 Å². The number of aliphatic hydroxyl groups is 2. The number of nitrogens with zero attached hydrogens (tertiary/aromatic N) is 3. The maximum absolute atomic E-state index is 12.2. The van der Waals surface area contributed by atoms with Crippen LogP contribution in [-0.4, -0.2) is 54.0 Å². The van der Waals surface area contributed by atoms with Crippen molar-refractivity contribution in [2.45, 2.75) is 51.7 Å². The Labute approximate surface area is 142 Å². The molecule has 0 bridgehead atoms. The summed E-state index contributed by atoms with van der Waals surface area (Å²) in [6.07, 6.45) is -1.84. The van der Waals surface area contributed by atoms with Gasteiger partial charge in [0, 0.05) is 5.92 Å². The van der Waals surface area contributed by atoms with Gasteiger partial charge in [-0.2, -0.15) is 4.98 Å². The molecule has 0 aromatic carbocycles. The molecule has 1 saturated heterocycles. The second-order valence-electron chi connectivity index (χ2n) is 6.34. The fourth-order valence-electron chi connectivity index (χ4n) is 2.73. The van der Waals surface area contributed by atoms with Crippen LogP contribution in [-0.2, 0) is 9.53 Å². The van der Waals surface area contributed by atoms with Crippen LogP contribution in [0.1, 0.15) is 33.4 Å². The normalized spacial score (nSPS) is 26.5. The minimum absolute atomic E-state index is 0.0157. The molecule has 136 valence electrons. The summed E-state index contributed by atoms with van der Waals surface area (Å²) >= 11 is 0. The molecule has 1 fully saturated rings. The lowest BCUT2D eigenvalue weighted by molar-refractivity contribution is -0.118. The number of rotatable bonds is 4. The zero-order valence-corrected chi connectivity index (χ0v) is 14.1. The number of aromatic nitrogens is 4. The first-order valence-electron chi connectivity index (χ1n) is 8.12. The quantitative estimate of drug-likeness (QED) is 0.594. The van der Waals surface area contributed by atoms with E-state index in [1.165, 1.54) is 10.9 Å². The SMILES string of the molecule is CCC1OC(n2cnc3c(=O)[nH]c(NC(=O)C(C)C)nc32)C(O)C1O. The molecule has 3 rings (SSSR count). The Morgan fingerprint density at radius 2 is 2.16 bits per heavy atom. The molecular weight excluding hydrogens is 330 g/mol. The van der Waals surface area contributed by atoms with E-state index in [4.69, 9.17) is 4.74 Å². The third-order valence-corrected chi connectivity index (χ3v) is 4.21. The van der Waals surface area contributed by atoms with Gasteiger partial charge in [0.15, 0.2) is 17.4 Å². The highest BCUT2D eigenvalue weighted by Gasteiger charge is 2.43. The van der Waals surface area contributed by atoms with Gasteiger partial charge in [-0.3, -0.25) is 24.5 Å². The van der Waals surface area contributed by atoms with Crippen LogP contribution >= 0.6 is 0 Å². The summed E-state index contributed by atoms with van der Waals surface area (Å²) in [5.41, 5.74) is -0.327. The van der Waals surface area contributed by atoms with Crippen LogP contribution in [0.4, 0.5) is 5.95 Å². The highest BCUT2D eigenvalue weighted by molar-refractivity contribution is 5.91. The van der Waals surface area contributed by atoms with Crippen LogP contribution in [0, 0.1) is 5.92 Å². The fraction of sp³-hybridized carbons (Fsp3) is 0.600. The maximum Gasteiger partial charge on any atom is 0.280 e. The predicted molar refractivity (Wildman–Crippen MR) is 87.8 cm³/mol. The molecule has 2 aromatic rings. The van der Waals surface area contributed by atoms with Gasteiger partial charge in [-0.05, 0) is 6.42 Å². The molecule has 3 heterocycles. The number of H-pyrrole nitrogens is 1. The summed E-state index contributed by atoms with van der Waals surface area (Å²) < 4.78 is 7.06. The van der Waals surface area contributed by atoms with Crippen molar-refractivity contribution < 1.29 is 19.7 Å². The molecule has 10 heteroatoms. The molecule has 4 unspecified atom stereocenters. The van der Waals surface area contributed by atoms with Gasteiger partial charge in [0.1, 0.15) is 12.2 Å². The molecule has 4 atom stereocenters. The lowest BCUT2D eigenvalue weighted by atomic mass is 10.1. The van der Waals surface area contributed by atoms with Crippen molar-refractivity contribution in [1.82, 2.24) is 19.5 Å². The molecule has 10 nitrogen and oxygen atoms in total. The zero-order chi connectivity index (χ0) is 18.3. The van der Waals surface area contributed by atoms with E-state index in [2.05, 4.69) is 20.3 Å². The first-order chi connectivity index (χ1) is 11.8. The summed E-state index contributed by atoms with van der Waals surface area (Å²) in [6.45, 7) is 5.26. The number of fused-ring (bicyclic) bond motifs is 1. The molecule has 25 heavy (non-hydrogen) atoms. The number of imidazole rings is 1. The number of ether oxygens (including phenoxy) is 1. The second-order valence-corrected chi connectivity index (χ2v) is 6.34. The highest BCUT2D eigenvalue weighted by Crippen LogP contribution is 2.32. The fourth-order valence-corrected chi connectivity index (χ4v) is 2.73. The van der Waals surface area contributed by atoms with Crippen molar-refractivity contribution in [1.29, 1.82) is 0 Å². The van der Waals surface area contributed by atoms with Gasteiger partial charge in [-0.15, -0.1) is 0 Å². The zero-order valence-electron chi connectivity index (χ0n) is 14.1. The second kappa shape index (κ2) is 6.54. The van der Waals surface area contributed by atoms with Crippen molar-refractivity contribution in [2.24, 2.45) is 5.92 Å². The molecule has 4 N–H and O–H groups in total. The first-order valence-corrected chi connectivity index (χ1v) is 8.12. The van der Waals surface area contributed by atoms with Crippen LogP contribution < -0.4 is 10.9 Å². The largest absolute Gasteiger partial charge is 0.388 e. The molecule has 0 aliphatic carbocycles. The molecule has 0 radical (unpaired) electrons. The number of aliphatic hydroxyl groups excluding tert-OH is 2. The molecular formula is C15H21N5O5. The summed E-state index contributed by atoms with van der Waals surface area (Å²) in [5, 5.41) is 22.8. The van der Waals surface area contributed by atoms with E-state index in [9.17, 15) is 19.8 Å². The van der Waals surface area contributed by atoms with Gasteiger partial charge >= 0.3 is 0 Å². The lowest BCUT2D eigenvalue weighted by Crippen LogP contribution is -2.31. The number of hydrogen-bond donors (Lipinski definition) is 4. The third kappa shape index (κ3) is 3.03. The number of carbonyl (C=O) groups excluding carboxylic acids is 1. The molecule has 0 spiro atoms. The van der Waals surface area contributed by atoms with Crippen LogP contribution in [0.15, 0.2) is 11.1 Å². The average Bonchev–Trinajstić information content (AvgIpc) is 3.10. The van der Waals surface area contributed by atoms with Crippen LogP contribution in [0.5, 0.6) is 0 Å². The summed E-state index contributed by atoms with van der Waals surface area (Å²) in [6, 6.07) is 0. The topological polar surface area (TPSA) is 142 Å². The minimum Gasteiger partial charge on any atom is -0.388 e. The van der Waals surface area contributed by atoms with E-state index in [0.29, 0.717) is 6.42 Å². The van der Waals surface area contributed by atoms with Crippen molar-refractivity contribution in [2.75, 3.05) is 5.32 Å². The lowest BCUT2D eigenvalue weighted by Gasteiger charge is -2.16. The first kappa shape index (κ1) is 17.5. The van der Waals surface area contributed by atoms with Crippen molar-refractivity contribution in [3.05, 3.63) is 16.7 Å². The molecule has 1 aliphatic heterocycles. The van der Waals surface area contributed by atoms with Gasteiger partial charge in [-0.1, -0.05) is 20.8 Å². The Balaban J connectivity index is 2.01. The van der Waals surface area contributed by atoms with Crippen LogP contribution in [0.3, 0.4) is 0 Å². The highest BCUT2D eigenvalue weighted by atomic mass is 16.6. The molecule has 0 saturated carbocycles. The van der Waals surface area contributed by atoms with Crippen LogP contribution in [0.25, 0.3) is 11.2 Å². The van der Waals surface area contributed by atoms with Crippen molar-refractivity contribution >= 4 is 23.0 Å². The minimum atomic E-state index is -1.18. The van der Waals surface area contributed by atoms with Crippen molar-refractivity contribution in [3.63, 3.8) is 0 Å². The van der Waals surface area contributed by atoms with E-state index in [-0.39, 0.29) is 28.9 Å². The summed E-state index contributed by atoms with van der Waals surface area (Å²) in [4.78, 5) is 34.7. The van der Waals surface area contributed by atoms with E-state index < -0.39 is 30.1 Å². The summed E-state index contributed by atoms with van der Waals surface area (Å²) in [7, 11) is 0. The standard InChI is InChI=1S/C15H21N5O5/c1-4-7-9(21)10(22)14(25-7)20-5-16-8-11(20)17-15(19-13(8)24)18-12(23)6(2)3/h5-7,9-10,14,21-22H,4H2,1-3H3,(H2,17,18,19,23,24). The number of aromatic amines is 1. The van der Waals surface area contributed by atoms with Gasteiger partial charge < -0.3 is 14.9 Å². The Morgan fingerprint density at radius 3 is 2.76 bits per heavy atom. The smallest absolute Gasteiger partial charge is 0.280 e. The van der Waals surface area contributed by atoms with Gasteiger partial charge in [0.05, 0.1) is 12.4 Å². The Hall–Kier alpha value is -2.30. The summed E-state index contributed by atoms with van der Waals surface area (Å²) in [5.74, 6) is -0.600. The van der Waals surface area contributed by atoms with Gasteiger partial charge in [0.2, 0.25) is 11.9 Å². The van der Waals surface area contributed by atoms with E-state index >= 15 is 0 Å². The molecule has 2 aromatic heterocycles. The van der Waals surface area contributed by atoms with E-state index in [1.54, 1.807) is 13.8 Å². The molecule has 1 amide bonds. The Bertz CT molecular complexity index is 844. The number of amides is 1. The average molecular weight is 351 g/mol. The van der Waals surface area contributed by atoms with Gasteiger partial charge in [0.25, 0.3) is 5.56 Å². The third-order valence-electron chi connectivity index (χ3n) is 4.21. The Morgan fingerprint density at radius 1 is 1.44 bits per heavy atom. The monoisotopic (exact) mass is 351 g/mol. The predicted octanol–water partition coefficient (Wildman–Crippen LogP) is -0.257. The number of nitrogens with one attached hydrogen (secondary N) is 2. The maximum atomic E-state index is 12.2. The van der Waals surface area contributed by atoms with E-state index in [0.717, 1.165) is 0 Å². The van der Waals surface area contributed by atoms with Crippen molar-refractivity contribution in [3.8, 4) is 0 Å². The Kier molecular flexibility index (Phi) is 4.58.